The van der Waals surface area contributed by atoms with Crippen LogP contribution in [0.3, 0.4) is 0 Å². The highest BCUT2D eigenvalue weighted by Crippen LogP contribution is 2.39. The summed E-state index contributed by atoms with van der Waals surface area (Å²) < 4.78 is 11.3. The Labute approximate surface area is 212 Å². The van der Waals surface area contributed by atoms with Crippen LogP contribution in [0.1, 0.15) is 42.1 Å². The normalized spacial score (nSPS) is 22.7. The molecule has 0 saturated carbocycles. The van der Waals surface area contributed by atoms with Crippen molar-refractivity contribution in [1.82, 2.24) is 9.80 Å². The van der Waals surface area contributed by atoms with Gasteiger partial charge in [0, 0.05) is 38.7 Å². The third-order valence-corrected chi connectivity index (χ3v) is 7.34. The van der Waals surface area contributed by atoms with Gasteiger partial charge in [-0.05, 0) is 61.4 Å². The second kappa shape index (κ2) is 11.3. The Balaban J connectivity index is 1.50. The SMILES string of the molecule is CCOc1cccc(C(=O)N2CCC3(CC2)C[C@@H](O)[C@@H](O)Cc2ccccc2OCC(=O)N(C)C3)c1. The number of likely N-dealkylation sites (N-methyl/N-ethyl adjacent to an activating group) is 1. The van der Waals surface area contributed by atoms with Crippen LogP contribution >= 0.6 is 0 Å². The molecule has 0 aromatic heterocycles. The van der Waals surface area contributed by atoms with E-state index >= 15 is 0 Å². The van der Waals surface area contributed by atoms with Gasteiger partial charge in [0.15, 0.2) is 6.61 Å². The van der Waals surface area contributed by atoms with Crippen LogP contribution in [0.5, 0.6) is 11.5 Å². The summed E-state index contributed by atoms with van der Waals surface area (Å²) in [7, 11) is 1.74. The summed E-state index contributed by atoms with van der Waals surface area (Å²) in [5.74, 6) is 0.999. The monoisotopic (exact) mass is 496 g/mol. The molecule has 2 amide bonds. The Hall–Kier alpha value is -3.10. The lowest BCUT2D eigenvalue weighted by molar-refractivity contribution is -0.135. The van der Waals surface area contributed by atoms with Crippen LogP contribution in [0.15, 0.2) is 48.5 Å². The standard InChI is InChI=1S/C28H36N2O6/c1-3-35-22-9-6-8-21(15-22)27(34)30-13-11-28(12-14-30)17-24(32)23(31)16-20-7-4-5-10-25(20)36-18-26(33)29(2)19-28/h4-10,15,23-24,31-32H,3,11-14,16-19H2,1-2H3/t23-,24+/m0/s1. The van der Waals surface area contributed by atoms with Crippen molar-refractivity contribution in [2.75, 3.05) is 39.9 Å². The Bertz CT molecular complexity index is 1070. The molecule has 2 atom stereocenters. The number of carbonyl (C=O) groups is 2. The minimum Gasteiger partial charge on any atom is -0.494 e. The van der Waals surface area contributed by atoms with Crippen molar-refractivity contribution in [3.63, 3.8) is 0 Å². The highest BCUT2D eigenvalue weighted by molar-refractivity contribution is 5.94. The summed E-state index contributed by atoms with van der Waals surface area (Å²) in [5.41, 5.74) is 0.908. The van der Waals surface area contributed by atoms with Gasteiger partial charge in [-0.15, -0.1) is 0 Å². The molecule has 36 heavy (non-hydrogen) atoms. The predicted octanol–water partition coefficient (Wildman–Crippen LogP) is 2.51. The Kier molecular flexibility index (Phi) is 8.16. The number of amides is 2. The molecule has 0 unspecified atom stereocenters. The molecule has 0 aliphatic carbocycles. The van der Waals surface area contributed by atoms with Gasteiger partial charge in [0.1, 0.15) is 11.5 Å². The fourth-order valence-corrected chi connectivity index (χ4v) is 5.27. The lowest BCUT2D eigenvalue weighted by Gasteiger charge is -2.45. The molecule has 0 radical (unpaired) electrons. The molecular formula is C28H36N2O6. The van der Waals surface area contributed by atoms with E-state index in [1.165, 1.54) is 0 Å². The van der Waals surface area contributed by atoms with Crippen molar-refractivity contribution in [2.45, 2.75) is 44.8 Å². The molecule has 2 aromatic carbocycles. The number of piperidine rings is 1. The number of fused-ring (bicyclic) bond motifs is 1. The first-order chi connectivity index (χ1) is 17.3. The van der Waals surface area contributed by atoms with Gasteiger partial charge in [0.25, 0.3) is 11.8 Å². The quantitative estimate of drug-likeness (QED) is 0.678. The number of ether oxygens (including phenoxy) is 2. The molecule has 2 aliphatic rings. The fraction of sp³-hybridized carbons (Fsp3) is 0.500. The second-order valence-electron chi connectivity index (χ2n) is 9.94. The van der Waals surface area contributed by atoms with Crippen LogP contribution in [0.2, 0.25) is 0 Å². The third kappa shape index (κ3) is 5.99. The first kappa shape index (κ1) is 26.0. The van der Waals surface area contributed by atoms with Crippen molar-refractivity contribution >= 4 is 11.8 Å². The molecule has 2 heterocycles. The zero-order valence-electron chi connectivity index (χ0n) is 21.1. The van der Waals surface area contributed by atoms with E-state index in [0.29, 0.717) is 62.6 Å². The van der Waals surface area contributed by atoms with Gasteiger partial charge in [-0.3, -0.25) is 9.59 Å². The van der Waals surface area contributed by atoms with Crippen LogP contribution in [0.25, 0.3) is 0 Å². The maximum Gasteiger partial charge on any atom is 0.260 e. The van der Waals surface area contributed by atoms with Gasteiger partial charge < -0.3 is 29.5 Å². The number of nitrogens with zero attached hydrogens (tertiary/aromatic N) is 2. The summed E-state index contributed by atoms with van der Waals surface area (Å²) in [6.07, 6.45) is -0.125. The second-order valence-corrected chi connectivity index (χ2v) is 9.94. The average Bonchev–Trinajstić information content (AvgIpc) is 2.87. The van der Waals surface area contributed by atoms with E-state index in [1.807, 2.05) is 42.2 Å². The van der Waals surface area contributed by atoms with Crippen LogP contribution < -0.4 is 9.47 Å². The fourth-order valence-electron chi connectivity index (χ4n) is 5.27. The van der Waals surface area contributed by atoms with Gasteiger partial charge in [-0.25, -0.2) is 0 Å². The molecule has 1 fully saturated rings. The first-order valence-corrected chi connectivity index (χ1v) is 12.6. The van der Waals surface area contributed by atoms with Crippen LogP contribution in [-0.2, 0) is 11.2 Å². The zero-order chi connectivity index (χ0) is 25.7. The molecule has 0 bridgehead atoms. The van der Waals surface area contributed by atoms with Gasteiger partial charge in [0.05, 0.1) is 18.8 Å². The van der Waals surface area contributed by atoms with E-state index in [9.17, 15) is 19.8 Å². The van der Waals surface area contributed by atoms with Crippen molar-refractivity contribution in [3.05, 3.63) is 59.7 Å². The minimum absolute atomic E-state index is 0.0606. The summed E-state index contributed by atoms with van der Waals surface area (Å²) in [5, 5.41) is 21.8. The van der Waals surface area contributed by atoms with E-state index in [4.69, 9.17) is 9.47 Å². The Morgan fingerprint density at radius 3 is 2.61 bits per heavy atom. The summed E-state index contributed by atoms with van der Waals surface area (Å²) in [6.45, 7) is 3.76. The molecule has 194 valence electrons. The number of rotatable bonds is 3. The minimum atomic E-state index is -0.967. The van der Waals surface area contributed by atoms with E-state index in [0.717, 1.165) is 5.56 Å². The Morgan fingerprint density at radius 2 is 1.86 bits per heavy atom. The summed E-state index contributed by atoms with van der Waals surface area (Å²) >= 11 is 0. The number of aliphatic hydroxyl groups excluding tert-OH is 2. The number of aliphatic hydroxyl groups is 2. The zero-order valence-corrected chi connectivity index (χ0v) is 21.1. The van der Waals surface area contributed by atoms with Gasteiger partial charge in [-0.2, -0.15) is 0 Å². The van der Waals surface area contributed by atoms with Crippen LogP contribution in [-0.4, -0.2) is 83.9 Å². The molecule has 2 N–H and O–H groups in total. The number of para-hydroxylation sites is 1. The van der Waals surface area contributed by atoms with Crippen LogP contribution in [0, 0.1) is 5.41 Å². The third-order valence-electron chi connectivity index (χ3n) is 7.34. The molecule has 2 aliphatic heterocycles. The number of hydrogen-bond donors (Lipinski definition) is 2. The topological polar surface area (TPSA) is 99.5 Å². The smallest absolute Gasteiger partial charge is 0.260 e. The Morgan fingerprint density at radius 1 is 1.11 bits per heavy atom. The van der Waals surface area contributed by atoms with E-state index in [2.05, 4.69) is 0 Å². The lowest BCUT2D eigenvalue weighted by Crippen LogP contribution is -2.51. The maximum atomic E-state index is 13.2. The van der Waals surface area contributed by atoms with Crippen molar-refractivity contribution < 1.29 is 29.3 Å². The molecule has 4 rings (SSSR count). The molecular weight excluding hydrogens is 460 g/mol. The predicted molar refractivity (Wildman–Crippen MR) is 135 cm³/mol. The summed E-state index contributed by atoms with van der Waals surface area (Å²) in [4.78, 5) is 29.5. The number of carbonyl (C=O) groups excluding carboxylic acids is 2. The molecule has 1 spiro atoms. The number of hydrogen-bond acceptors (Lipinski definition) is 6. The van der Waals surface area contributed by atoms with Crippen molar-refractivity contribution in [1.29, 1.82) is 0 Å². The highest BCUT2D eigenvalue weighted by Gasteiger charge is 2.41. The molecule has 1 saturated heterocycles. The lowest BCUT2D eigenvalue weighted by atomic mass is 9.72. The van der Waals surface area contributed by atoms with Gasteiger partial charge >= 0.3 is 0 Å². The van der Waals surface area contributed by atoms with E-state index in [-0.39, 0.29) is 24.8 Å². The van der Waals surface area contributed by atoms with E-state index < -0.39 is 17.6 Å². The highest BCUT2D eigenvalue weighted by atomic mass is 16.5. The van der Waals surface area contributed by atoms with Crippen LogP contribution in [0.4, 0.5) is 0 Å². The van der Waals surface area contributed by atoms with Crippen molar-refractivity contribution in [3.8, 4) is 11.5 Å². The first-order valence-electron chi connectivity index (χ1n) is 12.6. The van der Waals surface area contributed by atoms with E-state index in [1.54, 1.807) is 30.1 Å². The number of likely N-dealkylation sites (tertiary alicyclic amines) is 1. The molecule has 8 nitrogen and oxygen atoms in total. The molecule has 8 heteroatoms. The average molecular weight is 497 g/mol. The van der Waals surface area contributed by atoms with Gasteiger partial charge in [0.2, 0.25) is 0 Å². The van der Waals surface area contributed by atoms with Gasteiger partial charge in [-0.1, -0.05) is 24.3 Å². The maximum absolute atomic E-state index is 13.2. The largest absolute Gasteiger partial charge is 0.494 e. The summed E-state index contributed by atoms with van der Waals surface area (Å²) in [6, 6.07) is 14.5. The molecule has 2 aromatic rings. The number of benzene rings is 2. The van der Waals surface area contributed by atoms with Crippen molar-refractivity contribution in [2.24, 2.45) is 5.41 Å².